The first kappa shape index (κ1) is 20.3. The van der Waals surface area contributed by atoms with Crippen molar-refractivity contribution in [2.24, 2.45) is 0 Å². The van der Waals surface area contributed by atoms with E-state index in [0.717, 1.165) is 0 Å². The van der Waals surface area contributed by atoms with Crippen LogP contribution in [0.1, 0.15) is 22.8 Å². The van der Waals surface area contributed by atoms with Gasteiger partial charge in [-0.15, -0.1) is 0 Å². The van der Waals surface area contributed by atoms with Crippen LogP contribution in [-0.4, -0.2) is 31.6 Å². The van der Waals surface area contributed by atoms with E-state index in [4.69, 9.17) is 9.47 Å². The van der Waals surface area contributed by atoms with Crippen LogP contribution in [0.2, 0.25) is 0 Å². The Labute approximate surface area is 154 Å². The molecule has 0 aromatic heterocycles. The van der Waals surface area contributed by atoms with Crippen LogP contribution < -0.4 is 14.8 Å². The summed E-state index contributed by atoms with van der Waals surface area (Å²) in [5, 5.41) is 2.52. The van der Waals surface area contributed by atoms with Gasteiger partial charge in [-0.05, 0) is 37.3 Å². The van der Waals surface area contributed by atoms with Gasteiger partial charge in [0.15, 0.2) is 12.4 Å². The van der Waals surface area contributed by atoms with Crippen LogP contribution in [0, 0.1) is 0 Å². The molecular weight excluding hydrogens is 363 g/mol. The molecule has 8 heteroatoms. The van der Waals surface area contributed by atoms with E-state index in [1.807, 2.05) is 0 Å². The lowest BCUT2D eigenvalue weighted by Crippen LogP contribution is -2.21. The predicted molar refractivity (Wildman–Crippen MR) is 93.3 cm³/mol. The quantitative estimate of drug-likeness (QED) is 0.736. The number of nitrogens with one attached hydrogen (secondary N) is 1. The first-order chi connectivity index (χ1) is 12.7. The summed E-state index contributed by atoms with van der Waals surface area (Å²) in [6.45, 7) is -0.0613. The van der Waals surface area contributed by atoms with Gasteiger partial charge in [-0.1, -0.05) is 12.1 Å². The molecule has 1 amide bonds. The van der Waals surface area contributed by atoms with Gasteiger partial charge in [0.2, 0.25) is 5.91 Å². The lowest BCUT2D eigenvalue weighted by atomic mass is 10.0. The Balaban J connectivity index is 2.15. The molecule has 0 atom stereocenters. The van der Waals surface area contributed by atoms with Crippen LogP contribution >= 0.6 is 0 Å². The number of ketones is 1. The summed E-state index contributed by atoms with van der Waals surface area (Å²) < 4.78 is 47.0. The van der Waals surface area contributed by atoms with Crippen molar-refractivity contribution in [1.82, 2.24) is 0 Å². The molecule has 144 valence electrons. The Hall–Kier alpha value is -3.03. The molecule has 0 aliphatic heterocycles. The van der Waals surface area contributed by atoms with Gasteiger partial charge >= 0.3 is 6.18 Å². The van der Waals surface area contributed by atoms with Crippen molar-refractivity contribution >= 4 is 17.4 Å². The lowest BCUT2D eigenvalue weighted by Gasteiger charge is -2.14. The lowest BCUT2D eigenvalue weighted by molar-refractivity contribution is -0.153. The molecule has 0 saturated carbocycles. The highest BCUT2D eigenvalue weighted by molar-refractivity contribution is 5.96. The minimum Gasteiger partial charge on any atom is -0.496 e. The van der Waals surface area contributed by atoms with E-state index in [9.17, 15) is 22.8 Å². The number of alkyl halides is 3. The molecular formula is C19H18F3NO4. The van der Waals surface area contributed by atoms with Gasteiger partial charge in [-0.25, -0.2) is 0 Å². The maximum Gasteiger partial charge on any atom is 0.422 e. The number of carbonyl (C=O) groups excluding carboxylic acids is 2. The van der Waals surface area contributed by atoms with Gasteiger partial charge in [-0.3, -0.25) is 9.59 Å². The second kappa shape index (κ2) is 8.57. The molecule has 0 unspecified atom stereocenters. The van der Waals surface area contributed by atoms with E-state index in [1.165, 1.54) is 32.2 Å². The number of anilines is 1. The summed E-state index contributed by atoms with van der Waals surface area (Å²) in [4.78, 5) is 23.9. The molecule has 0 spiro atoms. The minimum absolute atomic E-state index is 0.0902. The largest absolute Gasteiger partial charge is 0.496 e. The number of methoxy groups -OCH3 is 1. The van der Waals surface area contributed by atoms with Crippen molar-refractivity contribution in [2.45, 2.75) is 19.5 Å². The van der Waals surface area contributed by atoms with Crippen molar-refractivity contribution in [2.75, 3.05) is 19.0 Å². The van der Waals surface area contributed by atoms with Gasteiger partial charge in [0.05, 0.1) is 19.2 Å². The number of amides is 1. The average Bonchev–Trinajstić information content (AvgIpc) is 2.60. The SMILES string of the molecule is COc1ccc(C(C)=O)cc1CC(=O)Nc1ccccc1OCC(F)(F)F. The van der Waals surface area contributed by atoms with E-state index >= 15 is 0 Å². The topological polar surface area (TPSA) is 64.6 Å². The fourth-order valence-electron chi connectivity index (χ4n) is 2.36. The summed E-state index contributed by atoms with van der Waals surface area (Å²) in [6.07, 6.45) is -4.62. The molecule has 0 heterocycles. The van der Waals surface area contributed by atoms with Crippen LogP contribution in [-0.2, 0) is 11.2 Å². The molecule has 27 heavy (non-hydrogen) atoms. The maximum absolute atomic E-state index is 12.4. The normalized spacial score (nSPS) is 11.0. The number of carbonyl (C=O) groups is 2. The zero-order valence-electron chi connectivity index (χ0n) is 14.7. The Bertz CT molecular complexity index is 834. The van der Waals surface area contributed by atoms with Gasteiger partial charge in [0, 0.05) is 11.1 Å². The van der Waals surface area contributed by atoms with E-state index in [1.54, 1.807) is 24.3 Å². The molecule has 0 fully saturated rings. The van der Waals surface area contributed by atoms with Crippen molar-refractivity contribution in [3.63, 3.8) is 0 Å². The van der Waals surface area contributed by atoms with Crippen molar-refractivity contribution in [3.8, 4) is 11.5 Å². The summed E-state index contributed by atoms with van der Waals surface area (Å²) in [5.41, 5.74) is 1.03. The third-order valence-electron chi connectivity index (χ3n) is 3.59. The van der Waals surface area contributed by atoms with Crippen molar-refractivity contribution < 1.29 is 32.2 Å². The van der Waals surface area contributed by atoms with Crippen LogP contribution in [0.25, 0.3) is 0 Å². The average molecular weight is 381 g/mol. The van der Waals surface area contributed by atoms with E-state index in [2.05, 4.69) is 5.32 Å². The highest BCUT2D eigenvalue weighted by Gasteiger charge is 2.29. The first-order valence-electron chi connectivity index (χ1n) is 7.96. The molecule has 2 rings (SSSR count). The number of ether oxygens (including phenoxy) is 2. The Morgan fingerprint density at radius 2 is 1.78 bits per heavy atom. The minimum atomic E-state index is -4.49. The molecule has 1 N–H and O–H groups in total. The van der Waals surface area contributed by atoms with Gasteiger partial charge in [-0.2, -0.15) is 13.2 Å². The smallest absolute Gasteiger partial charge is 0.422 e. The summed E-state index contributed by atoms with van der Waals surface area (Å²) in [7, 11) is 1.43. The molecule has 0 aliphatic carbocycles. The first-order valence-corrected chi connectivity index (χ1v) is 7.96. The molecule has 0 bridgehead atoms. The molecule has 2 aromatic rings. The van der Waals surface area contributed by atoms with E-state index < -0.39 is 18.7 Å². The number of hydrogen-bond donors (Lipinski definition) is 1. The fraction of sp³-hybridized carbons (Fsp3) is 0.263. The number of para-hydroxylation sites is 2. The highest BCUT2D eigenvalue weighted by atomic mass is 19.4. The van der Waals surface area contributed by atoms with Crippen LogP contribution in [0.3, 0.4) is 0 Å². The van der Waals surface area contributed by atoms with Gasteiger partial charge < -0.3 is 14.8 Å². The third-order valence-corrected chi connectivity index (χ3v) is 3.59. The number of Topliss-reactive ketones (excluding diaryl/α,β-unsaturated/α-hetero) is 1. The van der Waals surface area contributed by atoms with Crippen LogP contribution in [0.15, 0.2) is 42.5 Å². The Kier molecular flexibility index (Phi) is 6.44. The Morgan fingerprint density at radius 3 is 2.41 bits per heavy atom. The van der Waals surface area contributed by atoms with Crippen LogP contribution in [0.5, 0.6) is 11.5 Å². The standard InChI is InChI=1S/C19H18F3NO4/c1-12(24)13-7-8-16(26-2)14(9-13)10-18(25)23-15-5-3-4-6-17(15)27-11-19(20,21)22/h3-9H,10-11H2,1-2H3,(H,23,25). The number of benzene rings is 2. The number of hydrogen-bond acceptors (Lipinski definition) is 4. The predicted octanol–water partition coefficient (Wildman–Crippen LogP) is 4.02. The van der Waals surface area contributed by atoms with Gasteiger partial charge in [0.1, 0.15) is 11.5 Å². The molecule has 2 aromatic carbocycles. The molecule has 0 saturated heterocycles. The fourth-order valence-corrected chi connectivity index (χ4v) is 2.36. The van der Waals surface area contributed by atoms with Gasteiger partial charge in [0.25, 0.3) is 0 Å². The highest BCUT2D eigenvalue weighted by Crippen LogP contribution is 2.27. The van der Waals surface area contributed by atoms with E-state index in [0.29, 0.717) is 16.9 Å². The number of rotatable bonds is 7. The Morgan fingerprint density at radius 1 is 1.07 bits per heavy atom. The summed E-state index contributed by atoms with van der Waals surface area (Å²) >= 11 is 0. The summed E-state index contributed by atoms with van der Waals surface area (Å²) in [6, 6.07) is 10.5. The zero-order chi connectivity index (χ0) is 20.0. The number of halogens is 3. The maximum atomic E-state index is 12.4. The zero-order valence-corrected chi connectivity index (χ0v) is 14.7. The molecule has 5 nitrogen and oxygen atoms in total. The monoisotopic (exact) mass is 381 g/mol. The molecule has 0 radical (unpaired) electrons. The van der Waals surface area contributed by atoms with E-state index in [-0.39, 0.29) is 23.6 Å². The van der Waals surface area contributed by atoms with Crippen LogP contribution in [0.4, 0.5) is 18.9 Å². The van der Waals surface area contributed by atoms with Crippen molar-refractivity contribution in [1.29, 1.82) is 0 Å². The third kappa shape index (κ3) is 6.02. The van der Waals surface area contributed by atoms with Crippen molar-refractivity contribution in [3.05, 3.63) is 53.6 Å². The summed E-state index contributed by atoms with van der Waals surface area (Å²) in [5.74, 6) is -0.313. The second-order valence-electron chi connectivity index (χ2n) is 5.71. The molecule has 0 aliphatic rings. The second-order valence-corrected chi connectivity index (χ2v) is 5.71.